The van der Waals surface area contributed by atoms with Crippen LogP contribution in [0, 0.1) is 82.9 Å². The molecule has 82 heavy (non-hydrogen) atoms. The van der Waals surface area contributed by atoms with Gasteiger partial charge >= 0.3 is 11.9 Å². The van der Waals surface area contributed by atoms with Crippen molar-refractivity contribution in [2.24, 2.45) is 74.0 Å². The zero-order valence-electron chi connectivity index (χ0n) is 49.3. The van der Waals surface area contributed by atoms with Crippen molar-refractivity contribution in [2.75, 3.05) is 32.5 Å². The summed E-state index contributed by atoms with van der Waals surface area (Å²) in [7, 11) is 0. The number of aryl methyl sites for hydroxylation is 2. The maximum Gasteiger partial charge on any atom is 0.306 e. The Hall–Kier alpha value is -4.51. The molecular weight excluding hydrogens is 1080 g/mol. The van der Waals surface area contributed by atoms with Crippen molar-refractivity contribution >= 4 is 63.8 Å². The molecule has 10 aliphatic rings. The Balaban J connectivity index is 0.000000167. The van der Waals surface area contributed by atoms with E-state index in [-0.39, 0.29) is 108 Å². The summed E-state index contributed by atoms with van der Waals surface area (Å²) in [5, 5.41) is 23.3. The van der Waals surface area contributed by atoms with Crippen LogP contribution < -0.4 is 5.73 Å². The van der Waals surface area contributed by atoms with Gasteiger partial charge in [-0.25, -0.2) is 4.99 Å². The lowest BCUT2D eigenvalue weighted by molar-refractivity contribution is -0.265. The van der Waals surface area contributed by atoms with E-state index in [1.165, 1.54) is 5.56 Å². The summed E-state index contributed by atoms with van der Waals surface area (Å²) in [6.07, 6.45) is 14.2. The molecule has 14 nitrogen and oxygen atoms in total. The first-order chi connectivity index (χ1) is 38.8. The van der Waals surface area contributed by atoms with Crippen LogP contribution in [0.2, 0.25) is 0 Å². The highest BCUT2D eigenvalue weighted by Gasteiger charge is 2.80. The van der Waals surface area contributed by atoms with Crippen molar-refractivity contribution in [1.29, 1.82) is 0 Å². The smallest absolute Gasteiger partial charge is 0.306 e. The van der Waals surface area contributed by atoms with Gasteiger partial charge in [-0.05, 0) is 142 Å². The zero-order chi connectivity index (χ0) is 59.1. The number of esters is 2. The van der Waals surface area contributed by atoms with E-state index in [0.717, 1.165) is 40.2 Å². The summed E-state index contributed by atoms with van der Waals surface area (Å²) in [5.41, 5.74) is 8.27. The van der Waals surface area contributed by atoms with Crippen molar-refractivity contribution in [3.05, 3.63) is 107 Å². The molecule has 2 aromatic rings. The normalized spacial score (nSPS) is 43.1. The van der Waals surface area contributed by atoms with Crippen molar-refractivity contribution in [1.82, 2.24) is 0 Å². The number of nitrogens with two attached hydrogens (primary N) is 1. The van der Waals surface area contributed by atoms with Gasteiger partial charge in [0.2, 0.25) is 11.6 Å². The number of rotatable bonds is 7. The molecule has 1 unspecified atom stereocenters. The predicted molar refractivity (Wildman–Crippen MR) is 314 cm³/mol. The molecule has 8 fully saturated rings. The van der Waals surface area contributed by atoms with Crippen molar-refractivity contribution in [2.45, 2.75) is 161 Å². The van der Waals surface area contributed by atoms with Crippen molar-refractivity contribution in [3.63, 3.8) is 0 Å². The molecule has 2 spiro atoms. The lowest BCUT2D eigenvalue weighted by atomic mass is 9.45. The van der Waals surface area contributed by atoms with E-state index in [1.54, 1.807) is 26.0 Å². The van der Waals surface area contributed by atoms with Gasteiger partial charge < -0.3 is 44.4 Å². The summed E-state index contributed by atoms with van der Waals surface area (Å²) in [5.74, 6) is -2.64. The van der Waals surface area contributed by atoms with Crippen LogP contribution in [0.4, 0.5) is 11.4 Å². The molecule has 6 saturated carbocycles. The predicted octanol–water partition coefficient (Wildman–Crippen LogP) is 11.2. The number of ketones is 2. The molecule has 444 valence electrons. The number of anilines is 1. The molecule has 0 amide bonds. The number of ether oxygens (including phenoxy) is 6. The Kier molecular flexibility index (Phi) is 16.6. The Bertz CT molecular complexity index is 2980. The second kappa shape index (κ2) is 22.4. The zero-order valence-corrected chi connectivity index (χ0v) is 50.8. The van der Waals surface area contributed by atoms with E-state index in [4.69, 9.17) is 62.3 Å². The number of nitrogen functional groups attached to an aromatic ring is 1. The summed E-state index contributed by atoms with van der Waals surface area (Å²) in [4.78, 5) is 55.9. The number of hydrogen-bond acceptors (Lipinski definition) is 14. The van der Waals surface area contributed by atoms with Crippen LogP contribution in [-0.2, 0) is 47.6 Å². The van der Waals surface area contributed by atoms with Crippen LogP contribution in [0.3, 0.4) is 0 Å². The number of aliphatic hydroxyl groups excluding tert-OH is 2. The van der Waals surface area contributed by atoms with Gasteiger partial charge in [0.05, 0.1) is 23.6 Å². The number of hydrogen-bond donors (Lipinski definition) is 3. The third-order valence-electron chi connectivity index (χ3n) is 21.8. The molecule has 16 heteroatoms. The molecule has 2 saturated heterocycles. The van der Waals surface area contributed by atoms with E-state index < -0.39 is 64.4 Å². The van der Waals surface area contributed by atoms with Gasteiger partial charge in [0.25, 0.3) is 0 Å². The Morgan fingerprint density at radius 3 is 1.90 bits per heavy atom. The van der Waals surface area contributed by atoms with E-state index in [2.05, 4.69) is 39.8 Å². The number of nitrogens with zero attached hydrogens (tertiary/aromatic N) is 1. The van der Waals surface area contributed by atoms with Gasteiger partial charge in [-0.2, -0.15) is 0 Å². The Morgan fingerprint density at radius 2 is 1.32 bits per heavy atom. The molecule has 2 heterocycles. The number of aliphatic hydroxyl groups is 2. The fourth-order valence-electron chi connectivity index (χ4n) is 18.4. The molecule has 12 rings (SSSR count). The van der Waals surface area contributed by atoms with Crippen LogP contribution >= 0.6 is 23.2 Å². The number of Topliss-reactive ketones (excluding diaryl/α,β-unsaturated/α-hetero) is 1. The Labute approximate surface area is 493 Å². The highest BCUT2D eigenvalue weighted by molar-refractivity contribution is 6.21. The molecule has 0 radical (unpaired) electrons. The van der Waals surface area contributed by atoms with Crippen LogP contribution in [0.15, 0.2) is 101 Å². The van der Waals surface area contributed by atoms with E-state index in [9.17, 15) is 29.4 Å². The standard InChI is InChI=1S/C35H44ClNO6.C24H31ClO6.C7H9N/c1-7-29(40)42-19-28(39)35(43-30(41)8-2)21(4)15-25-31-26(36)17-22-16-24(37-23-11-9-10-20(3)14-23)12-13-33(22,5)32(31)27(38)18-34(25,35)6;1-13-6-16-19-17(25)8-14-7-15(26)4-5-21(14,2)20(19)18(27)9-22(16,3)24(13)23(30-12-31-24)10-28-11-29-23;1-6-3-2-4-7(8)5-6/h9-14,16,21,25-27,31-32,38H,7-8,15,17-19H2,1-6H3;4-5,7,13,16-20,27H,6,8-12H2,1-3H3;2-5H,8H2,1H3/t21-,25+,26-,27+,31-,32+,33+,34+,35+;13-,16+,17-,18+,19-,20+,21+,22+,23?,24-;/m11./s1. The van der Waals surface area contributed by atoms with Crippen LogP contribution in [0.25, 0.3) is 0 Å². The van der Waals surface area contributed by atoms with E-state index >= 15 is 0 Å². The Morgan fingerprint density at radius 1 is 0.744 bits per heavy atom. The number of benzene rings is 2. The number of halogens is 2. The lowest BCUT2D eigenvalue weighted by Gasteiger charge is -2.62. The first-order valence-corrected chi connectivity index (χ1v) is 30.5. The number of aliphatic imine (C=N–C) groups is 1. The largest absolute Gasteiger partial charge is 0.457 e. The maximum absolute atomic E-state index is 14.1. The third kappa shape index (κ3) is 9.54. The monoisotopic (exact) mass is 1170 g/mol. The van der Waals surface area contributed by atoms with E-state index in [1.807, 2.05) is 88.4 Å². The average molecular weight is 1170 g/mol. The topological polar surface area (TPSA) is 202 Å². The number of carbonyl (C=O) groups excluding carboxylic acids is 4. The summed E-state index contributed by atoms with van der Waals surface area (Å²) < 4.78 is 35.7. The SMILES string of the molecule is CCC(=O)OCC(=O)[C@@]1(OC(=O)CC)[C@H](C)C[C@H]2[C@H]3[C@H]([C@@H](O)C[C@@]21C)[C@@]1(C)C=CC(=Nc2cccc(C)c2)C=C1C[C@H]3Cl.C[C@@H]1C[C@H]2[C@H]3[C@H]([C@@H](O)C[C@]2(C)[C@]12OCOC21COCO1)[C@@]1(C)C=CC(=O)C=C1C[C@H]3Cl.Cc1cccc(N)c1. The van der Waals surface area contributed by atoms with Gasteiger partial charge in [-0.1, -0.05) is 103 Å². The minimum Gasteiger partial charge on any atom is -0.457 e. The average Bonchev–Trinajstić information content (AvgIpc) is 1.51. The van der Waals surface area contributed by atoms with Crippen molar-refractivity contribution < 1.29 is 57.8 Å². The molecule has 0 bridgehead atoms. The summed E-state index contributed by atoms with van der Waals surface area (Å²) >= 11 is 14.4. The van der Waals surface area contributed by atoms with Crippen LogP contribution in [-0.4, -0.2) is 106 Å². The quantitative estimate of drug-likeness (QED) is 0.134. The van der Waals surface area contributed by atoms with Gasteiger partial charge in [0.1, 0.15) is 12.2 Å². The number of allylic oxidation sites excluding steroid dienone is 8. The number of fused-ring (bicyclic) bond motifs is 12. The fraction of sp³-hybridized carbons (Fsp3) is 0.621. The second-order valence-electron chi connectivity index (χ2n) is 26.3. The number of carbonyl (C=O) groups is 4. The molecule has 4 N–H and O–H groups in total. The third-order valence-corrected chi connectivity index (χ3v) is 22.7. The first kappa shape index (κ1) is 60.6. The van der Waals surface area contributed by atoms with Crippen LogP contribution in [0.1, 0.15) is 118 Å². The van der Waals surface area contributed by atoms with E-state index in [0.29, 0.717) is 32.3 Å². The first-order valence-electron chi connectivity index (χ1n) is 29.6. The molecule has 0 aromatic heterocycles. The molecule has 2 aliphatic heterocycles. The van der Waals surface area contributed by atoms with Gasteiger partial charge in [-0.3, -0.25) is 19.2 Å². The van der Waals surface area contributed by atoms with Gasteiger partial charge in [-0.15, -0.1) is 23.2 Å². The molecule has 8 aliphatic carbocycles. The highest BCUT2D eigenvalue weighted by Crippen LogP contribution is 2.74. The van der Waals surface area contributed by atoms with Gasteiger partial charge in [0, 0.05) is 68.7 Å². The van der Waals surface area contributed by atoms with Gasteiger partial charge in [0.15, 0.2) is 31.6 Å². The van der Waals surface area contributed by atoms with Crippen LogP contribution in [0.5, 0.6) is 0 Å². The molecule has 19 atom stereocenters. The number of alkyl halides is 2. The fourth-order valence-corrected chi connectivity index (χ4v) is 19.4. The minimum atomic E-state index is -1.53. The molecular formula is C66H84Cl2N2O12. The van der Waals surface area contributed by atoms with Crippen molar-refractivity contribution in [3.8, 4) is 0 Å². The second-order valence-corrected chi connectivity index (χ2v) is 27.4. The molecule has 2 aromatic carbocycles. The minimum absolute atomic E-state index is 0.00944. The summed E-state index contributed by atoms with van der Waals surface area (Å²) in [6.45, 7) is 20.3. The maximum atomic E-state index is 14.1. The summed E-state index contributed by atoms with van der Waals surface area (Å²) in [6, 6.07) is 15.9. The highest BCUT2D eigenvalue weighted by atomic mass is 35.5. The lowest BCUT2D eigenvalue weighted by Crippen LogP contribution is -2.68.